The van der Waals surface area contributed by atoms with Crippen molar-refractivity contribution in [1.82, 2.24) is 5.32 Å². The Kier molecular flexibility index (Phi) is 9.79. The fourth-order valence-electron chi connectivity index (χ4n) is 1.83. The van der Waals surface area contributed by atoms with Gasteiger partial charge in [0.15, 0.2) is 0 Å². The average Bonchev–Trinajstić information content (AvgIpc) is 2.55. The molecule has 0 fully saturated rings. The lowest BCUT2D eigenvalue weighted by atomic mass is 10.2. The van der Waals surface area contributed by atoms with Crippen LogP contribution in [0.2, 0.25) is 0 Å². The molecule has 1 aromatic rings. The Hall–Kier alpha value is -1.86. The van der Waals surface area contributed by atoms with Crippen molar-refractivity contribution in [2.24, 2.45) is 5.73 Å². The zero-order chi connectivity index (χ0) is 17.8. The highest BCUT2D eigenvalue weighted by Gasteiger charge is 2.03. The van der Waals surface area contributed by atoms with Crippen LogP contribution in [0.3, 0.4) is 0 Å². The summed E-state index contributed by atoms with van der Waals surface area (Å²) in [5.41, 5.74) is 5.83. The second-order valence-electron chi connectivity index (χ2n) is 4.92. The van der Waals surface area contributed by atoms with E-state index in [1.807, 2.05) is 25.1 Å². The summed E-state index contributed by atoms with van der Waals surface area (Å²) in [6.07, 6.45) is 3.90. The van der Waals surface area contributed by atoms with Crippen molar-refractivity contribution in [3.63, 3.8) is 0 Å². The van der Waals surface area contributed by atoms with Crippen LogP contribution >= 0.6 is 15.9 Å². The van der Waals surface area contributed by atoms with Gasteiger partial charge in [-0.15, -0.1) is 0 Å². The first-order valence-corrected chi connectivity index (χ1v) is 8.56. The van der Waals surface area contributed by atoms with Crippen molar-refractivity contribution in [2.45, 2.75) is 19.8 Å². The molecule has 6 nitrogen and oxygen atoms in total. The second kappa shape index (κ2) is 11.6. The lowest BCUT2D eigenvalue weighted by Crippen LogP contribution is -2.23. The van der Waals surface area contributed by atoms with Crippen molar-refractivity contribution >= 4 is 33.8 Å². The summed E-state index contributed by atoms with van der Waals surface area (Å²) in [6.45, 7) is 3.93. The van der Waals surface area contributed by atoms with Crippen LogP contribution < -0.4 is 15.8 Å². The normalized spacial score (nSPS) is 10.8. The number of benzene rings is 1. The first-order valence-electron chi connectivity index (χ1n) is 7.77. The molecule has 0 spiro atoms. The summed E-state index contributed by atoms with van der Waals surface area (Å²) in [6, 6.07) is 5.57. The third-order valence-electron chi connectivity index (χ3n) is 2.97. The molecular weight excluding hydrogens is 376 g/mol. The lowest BCUT2D eigenvalue weighted by Gasteiger charge is -2.10. The molecule has 0 aromatic heterocycles. The number of hydrogen-bond donors (Lipinski definition) is 2. The number of ether oxygens (including phenoxy) is 2. The Morgan fingerprint density at radius 1 is 1.33 bits per heavy atom. The van der Waals surface area contributed by atoms with Gasteiger partial charge < -0.3 is 20.5 Å². The minimum Gasteiger partial charge on any atom is -0.491 e. The molecule has 1 aromatic carbocycles. The van der Waals surface area contributed by atoms with Crippen molar-refractivity contribution in [3.05, 3.63) is 34.3 Å². The van der Waals surface area contributed by atoms with Crippen LogP contribution in [0.1, 0.15) is 25.3 Å². The van der Waals surface area contributed by atoms with Gasteiger partial charge in [-0.2, -0.15) is 0 Å². The Balaban J connectivity index is 2.56. The highest BCUT2D eigenvalue weighted by atomic mass is 79.9. The number of carbonyl (C=O) groups excluding carboxylic acids is 2. The SMILES string of the molecule is CCOCCOc1ccc(Br)cc1/C=C/C(=O)NCCCC(N)=O. The first-order chi connectivity index (χ1) is 11.5. The zero-order valence-corrected chi connectivity index (χ0v) is 15.3. The molecule has 0 bridgehead atoms. The van der Waals surface area contributed by atoms with Gasteiger partial charge in [0.05, 0.1) is 6.61 Å². The predicted molar refractivity (Wildman–Crippen MR) is 96.6 cm³/mol. The van der Waals surface area contributed by atoms with Gasteiger partial charge >= 0.3 is 0 Å². The Bertz CT molecular complexity index is 576. The van der Waals surface area contributed by atoms with Crippen LogP contribution in [0.25, 0.3) is 6.08 Å². The highest BCUT2D eigenvalue weighted by molar-refractivity contribution is 9.10. The molecule has 7 heteroatoms. The number of amides is 2. The lowest BCUT2D eigenvalue weighted by molar-refractivity contribution is -0.119. The molecule has 0 radical (unpaired) electrons. The molecule has 0 atom stereocenters. The standard InChI is InChI=1S/C17H23BrN2O4/c1-2-23-10-11-24-15-7-6-14(18)12-13(15)5-8-17(22)20-9-3-4-16(19)21/h5-8,12H,2-4,9-11H2,1H3,(H2,19,21)(H,20,22)/b8-5+. The molecule has 0 heterocycles. The van der Waals surface area contributed by atoms with E-state index in [2.05, 4.69) is 21.2 Å². The smallest absolute Gasteiger partial charge is 0.244 e. The Morgan fingerprint density at radius 3 is 2.83 bits per heavy atom. The summed E-state index contributed by atoms with van der Waals surface area (Å²) in [4.78, 5) is 22.4. The summed E-state index contributed by atoms with van der Waals surface area (Å²) < 4.78 is 11.8. The maximum atomic E-state index is 11.8. The van der Waals surface area contributed by atoms with Crippen molar-refractivity contribution in [3.8, 4) is 5.75 Å². The van der Waals surface area contributed by atoms with Gasteiger partial charge in [-0.3, -0.25) is 9.59 Å². The molecule has 0 saturated carbocycles. The third kappa shape index (κ3) is 8.69. The molecule has 0 aliphatic rings. The maximum absolute atomic E-state index is 11.8. The van der Waals surface area contributed by atoms with Crippen LogP contribution in [0.5, 0.6) is 5.75 Å². The monoisotopic (exact) mass is 398 g/mol. The number of nitrogens with two attached hydrogens (primary N) is 1. The van der Waals surface area contributed by atoms with Crippen LogP contribution in [0.4, 0.5) is 0 Å². The molecule has 24 heavy (non-hydrogen) atoms. The Labute approximate surface area is 150 Å². The van der Waals surface area contributed by atoms with E-state index in [1.165, 1.54) is 6.08 Å². The number of nitrogens with one attached hydrogen (secondary N) is 1. The molecule has 132 valence electrons. The van der Waals surface area contributed by atoms with Crippen LogP contribution in [-0.2, 0) is 14.3 Å². The number of hydrogen-bond acceptors (Lipinski definition) is 4. The number of rotatable bonds is 11. The van der Waals surface area contributed by atoms with Crippen LogP contribution in [-0.4, -0.2) is 38.2 Å². The molecule has 3 N–H and O–H groups in total. The van der Waals surface area contributed by atoms with E-state index >= 15 is 0 Å². The van der Waals surface area contributed by atoms with E-state index in [9.17, 15) is 9.59 Å². The van der Waals surface area contributed by atoms with Crippen molar-refractivity contribution < 1.29 is 19.1 Å². The fourth-order valence-corrected chi connectivity index (χ4v) is 2.21. The van der Waals surface area contributed by atoms with Gasteiger partial charge in [-0.05, 0) is 37.6 Å². The summed E-state index contributed by atoms with van der Waals surface area (Å²) in [7, 11) is 0. The zero-order valence-electron chi connectivity index (χ0n) is 13.7. The van der Waals surface area contributed by atoms with E-state index in [1.54, 1.807) is 6.08 Å². The minimum atomic E-state index is -0.372. The van der Waals surface area contributed by atoms with E-state index in [-0.39, 0.29) is 18.2 Å². The molecule has 0 unspecified atom stereocenters. The topological polar surface area (TPSA) is 90.7 Å². The fraction of sp³-hybridized carbons (Fsp3) is 0.412. The summed E-state index contributed by atoms with van der Waals surface area (Å²) >= 11 is 3.40. The number of carbonyl (C=O) groups is 2. The molecule has 0 saturated heterocycles. The largest absolute Gasteiger partial charge is 0.491 e. The number of halogens is 1. The van der Waals surface area contributed by atoms with Gasteiger partial charge in [-0.25, -0.2) is 0 Å². The average molecular weight is 399 g/mol. The van der Waals surface area contributed by atoms with Gasteiger partial charge in [0.25, 0.3) is 0 Å². The van der Waals surface area contributed by atoms with Gasteiger partial charge in [0, 0.05) is 35.7 Å². The summed E-state index contributed by atoms with van der Waals surface area (Å²) in [5.74, 6) is 0.0677. The van der Waals surface area contributed by atoms with E-state index in [0.717, 1.165) is 10.0 Å². The third-order valence-corrected chi connectivity index (χ3v) is 3.47. The van der Waals surface area contributed by atoms with Gasteiger partial charge in [0.2, 0.25) is 11.8 Å². The van der Waals surface area contributed by atoms with Crippen molar-refractivity contribution in [2.75, 3.05) is 26.4 Å². The van der Waals surface area contributed by atoms with E-state index in [4.69, 9.17) is 15.2 Å². The molecular formula is C17H23BrN2O4. The maximum Gasteiger partial charge on any atom is 0.244 e. The van der Waals surface area contributed by atoms with Gasteiger partial charge in [-0.1, -0.05) is 15.9 Å². The van der Waals surface area contributed by atoms with E-state index in [0.29, 0.717) is 38.5 Å². The quantitative estimate of drug-likeness (QED) is 0.441. The number of primary amides is 1. The van der Waals surface area contributed by atoms with Crippen LogP contribution in [0, 0.1) is 0 Å². The van der Waals surface area contributed by atoms with E-state index < -0.39 is 0 Å². The first kappa shape index (κ1) is 20.2. The van der Waals surface area contributed by atoms with Gasteiger partial charge in [0.1, 0.15) is 12.4 Å². The summed E-state index contributed by atoms with van der Waals surface area (Å²) in [5, 5.41) is 2.70. The second-order valence-corrected chi connectivity index (χ2v) is 5.84. The van der Waals surface area contributed by atoms with Crippen LogP contribution in [0.15, 0.2) is 28.7 Å². The molecule has 1 rings (SSSR count). The molecule has 0 aliphatic carbocycles. The van der Waals surface area contributed by atoms with Crippen molar-refractivity contribution in [1.29, 1.82) is 0 Å². The molecule has 0 aliphatic heterocycles. The minimum absolute atomic E-state index is 0.236. The predicted octanol–water partition coefficient (Wildman–Crippen LogP) is 2.26. The molecule has 2 amide bonds. The Morgan fingerprint density at radius 2 is 2.12 bits per heavy atom. The highest BCUT2D eigenvalue weighted by Crippen LogP contribution is 2.24.